The summed E-state index contributed by atoms with van der Waals surface area (Å²) in [5, 5.41) is 10.0. The lowest BCUT2D eigenvalue weighted by Crippen LogP contribution is -2.34. The predicted molar refractivity (Wildman–Crippen MR) is 72.7 cm³/mol. The van der Waals surface area contributed by atoms with E-state index in [0.717, 1.165) is 6.42 Å². The minimum Gasteiger partial charge on any atom is -0.388 e. The van der Waals surface area contributed by atoms with E-state index in [1.165, 1.54) is 17.6 Å². The van der Waals surface area contributed by atoms with Crippen molar-refractivity contribution in [3.8, 4) is 0 Å². The summed E-state index contributed by atoms with van der Waals surface area (Å²) in [5.41, 5.74) is 3.03. The van der Waals surface area contributed by atoms with Gasteiger partial charge in [0.1, 0.15) is 0 Å². The van der Waals surface area contributed by atoms with Gasteiger partial charge in [0.05, 0.1) is 6.10 Å². The van der Waals surface area contributed by atoms with Gasteiger partial charge in [0, 0.05) is 0 Å². The maximum Gasteiger partial charge on any atom is 0.0773 e. The number of allylic oxidation sites excluding steroid dienone is 3. The summed E-state index contributed by atoms with van der Waals surface area (Å²) < 4.78 is 0. The molecule has 0 saturated heterocycles. The third-order valence-corrected chi connectivity index (χ3v) is 5.26. The average Bonchev–Trinajstić information content (AvgIpc) is 2.50. The normalized spacial score (nSPS) is 41.1. The molecule has 0 heterocycles. The van der Waals surface area contributed by atoms with Gasteiger partial charge in [-0.25, -0.2) is 0 Å². The van der Waals surface area contributed by atoms with Crippen LogP contribution in [0.15, 0.2) is 23.3 Å². The van der Waals surface area contributed by atoms with E-state index in [-0.39, 0.29) is 6.10 Å². The summed E-state index contributed by atoms with van der Waals surface area (Å²) in [4.78, 5) is 0. The van der Waals surface area contributed by atoms with Crippen LogP contribution in [0.2, 0.25) is 0 Å². The first-order valence-electron chi connectivity index (χ1n) is 6.87. The van der Waals surface area contributed by atoms with Crippen molar-refractivity contribution in [2.45, 2.75) is 53.6 Å². The summed E-state index contributed by atoms with van der Waals surface area (Å²) in [6.07, 6.45) is 6.86. The van der Waals surface area contributed by atoms with Crippen molar-refractivity contribution >= 4 is 0 Å². The fraction of sp³-hybridized carbons (Fsp3) is 0.750. The zero-order valence-electron chi connectivity index (χ0n) is 11.8. The number of aliphatic hydroxyl groups excluding tert-OH is 1. The van der Waals surface area contributed by atoms with Crippen molar-refractivity contribution in [2.75, 3.05) is 0 Å². The fourth-order valence-electron chi connectivity index (χ4n) is 3.66. The summed E-state index contributed by atoms with van der Waals surface area (Å²) in [7, 11) is 0. The van der Waals surface area contributed by atoms with Crippen LogP contribution in [-0.4, -0.2) is 11.2 Å². The minimum atomic E-state index is -0.218. The molecule has 96 valence electrons. The highest BCUT2D eigenvalue weighted by atomic mass is 16.3. The van der Waals surface area contributed by atoms with Gasteiger partial charge in [-0.05, 0) is 55.4 Å². The Balaban J connectivity index is 2.21. The molecular weight excluding hydrogens is 208 g/mol. The van der Waals surface area contributed by atoms with Crippen molar-refractivity contribution in [2.24, 2.45) is 23.2 Å². The van der Waals surface area contributed by atoms with Crippen LogP contribution in [0, 0.1) is 23.2 Å². The van der Waals surface area contributed by atoms with Gasteiger partial charge in [-0.1, -0.05) is 38.5 Å². The second-order valence-corrected chi connectivity index (χ2v) is 6.68. The topological polar surface area (TPSA) is 20.2 Å². The van der Waals surface area contributed by atoms with E-state index < -0.39 is 0 Å². The van der Waals surface area contributed by atoms with Crippen molar-refractivity contribution in [3.63, 3.8) is 0 Å². The molecule has 17 heavy (non-hydrogen) atoms. The van der Waals surface area contributed by atoms with Crippen LogP contribution < -0.4 is 0 Å². The van der Waals surface area contributed by atoms with E-state index in [4.69, 9.17) is 0 Å². The molecule has 2 aliphatic carbocycles. The molecule has 0 aromatic carbocycles. The maximum absolute atomic E-state index is 10.0. The Morgan fingerprint density at radius 2 is 1.94 bits per heavy atom. The number of hydrogen-bond donors (Lipinski definition) is 1. The van der Waals surface area contributed by atoms with E-state index in [2.05, 4.69) is 46.8 Å². The maximum atomic E-state index is 10.0. The van der Waals surface area contributed by atoms with Crippen LogP contribution in [0.5, 0.6) is 0 Å². The van der Waals surface area contributed by atoms with Gasteiger partial charge >= 0.3 is 0 Å². The highest BCUT2D eigenvalue weighted by Gasteiger charge is 2.41. The Kier molecular flexibility index (Phi) is 3.24. The van der Waals surface area contributed by atoms with E-state index in [1.807, 2.05) is 0 Å². The number of hydrogen-bond acceptors (Lipinski definition) is 1. The SMILES string of the molecule is CC1=CC(C2CC=C(C)C2(C)C)CC(C)C1O. The third-order valence-electron chi connectivity index (χ3n) is 5.26. The molecule has 0 aliphatic heterocycles. The van der Waals surface area contributed by atoms with Gasteiger partial charge in [-0.2, -0.15) is 0 Å². The summed E-state index contributed by atoms with van der Waals surface area (Å²) in [6.45, 7) is 11.3. The van der Waals surface area contributed by atoms with Crippen LogP contribution in [0.25, 0.3) is 0 Å². The minimum absolute atomic E-state index is 0.218. The molecule has 0 bridgehead atoms. The van der Waals surface area contributed by atoms with Crippen molar-refractivity contribution in [3.05, 3.63) is 23.3 Å². The lowest BCUT2D eigenvalue weighted by Gasteiger charge is -2.39. The molecular formula is C16H26O. The molecule has 4 atom stereocenters. The van der Waals surface area contributed by atoms with Crippen LogP contribution >= 0.6 is 0 Å². The highest BCUT2D eigenvalue weighted by molar-refractivity contribution is 5.23. The molecule has 2 rings (SSSR count). The standard InChI is InChI=1S/C16H26O/c1-10-8-13(9-11(2)15(10)17)14-7-6-12(3)16(14,4)5/h6,8,11,13-15,17H,7,9H2,1-5H3. The Hall–Kier alpha value is -0.560. The molecule has 2 aliphatic rings. The predicted octanol–water partition coefficient (Wildman–Crippen LogP) is 3.94. The third kappa shape index (κ3) is 2.10. The zero-order chi connectivity index (χ0) is 12.8. The highest BCUT2D eigenvalue weighted by Crippen LogP contribution is 2.50. The molecule has 0 fully saturated rings. The van der Waals surface area contributed by atoms with Gasteiger partial charge in [-0.15, -0.1) is 0 Å². The van der Waals surface area contributed by atoms with Gasteiger partial charge in [-0.3, -0.25) is 0 Å². The van der Waals surface area contributed by atoms with E-state index >= 15 is 0 Å². The zero-order valence-corrected chi connectivity index (χ0v) is 11.8. The first-order chi connectivity index (χ1) is 7.84. The summed E-state index contributed by atoms with van der Waals surface area (Å²) in [6, 6.07) is 0. The van der Waals surface area contributed by atoms with Gasteiger partial charge in [0.2, 0.25) is 0 Å². The van der Waals surface area contributed by atoms with Crippen molar-refractivity contribution < 1.29 is 5.11 Å². The molecule has 0 aromatic rings. The lowest BCUT2D eigenvalue weighted by molar-refractivity contribution is 0.102. The quantitative estimate of drug-likeness (QED) is 0.681. The molecule has 0 amide bonds. The van der Waals surface area contributed by atoms with Crippen LogP contribution in [-0.2, 0) is 0 Å². The molecule has 0 saturated carbocycles. The van der Waals surface area contributed by atoms with Gasteiger partial charge in [0.15, 0.2) is 0 Å². The molecule has 1 nitrogen and oxygen atoms in total. The molecule has 1 N–H and O–H groups in total. The van der Waals surface area contributed by atoms with E-state index in [9.17, 15) is 5.11 Å². The Morgan fingerprint density at radius 1 is 1.29 bits per heavy atom. The van der Waals surface area contributed by atoms with Crippen LogP contribution in [0.3, 0.4) is 0 Å². The Labute approximate surface area is 106 Å². The first-order valence-corrected chi connectivity index (χ1v) is 6.87. The largest absolute Gasteiger partial charge is 0.388 e. The summed E-state index contributed by atoms with van der Waals surface area (Å²) >= 11 is 0. The number of aliphatic hydroxyl groups is 1. The molecule has 4 unspecified atom stereocenters. The van der Waals surface area contributed by atoms with Crippen molar-refractivity contribution in [1.82, 2.24) is 0 Å². The second kappa shape index (κ2) is 4.28. The smallest absolute Gasteiger partial charge is 0.0773 e. The van der Waals surface area contributed by atoms with Crippen LogP contribution in [0.4, 0.5) is 0 Å². The molecule has 0 radical (unpaired) electrons. The van der Waals surface area contributed by atoms with Crippen molar-refractivity contribution in [1.29, 1.82) is 0 Å². The monoisotopic (exact) mass is 234 g/mol. The molecule has 0 aromatic heterocycles. The fourth-order valence-corrected chi connectivity index (χ4v) is 3.66. The Morgan fingerprint density at radius 3 is 2.41 bits per heavy atom. The van der Waals surface area contributed by atoms with Crippen LogP contribution in [0.1, 0.15) is 47.5 Å². The summed E-state index contributed by atoms with van der Waals surface area (Å²) in [5.74, 6) is 1.76. The van der Waals surface area contributed by atoms with E-state index in [0.29, 0.717) is 23.2 Å². The number of rotatable bonds is 1. The second-order valence-electron chi connectivity index (χ2n) is 6.68. The van der Waals surface area contributed by atoms with Gasteiger partial charge < -0.3 is 5.11 Å². The Bertz CT molecular complexity index is 362. The molecule has 0 spiro atoms. The average molecular weight is 234 g/mol. The first kappa shape index (κ1) is 12.9. The van der Waals surface area contributed by atoms with E-state index in [1.54, 1.807) is 0 Å². The van der Waals surface area contributed by atoms with Gasteiger partial charge in [0.25, 0.3) is 0 Å². The lowest BCUT2D eigenvalue weighted by atomic mass is 9.66. The molecule has 1 heteroatoms.